The van der Waals surface area contributed by atoms with Crippen LogP contribution in [-0.4, -0.2) is 57.2 Å². The second-order valence-electron chi connectivity index (χ2n) is 8.65. The predicted octanol–water partition coefficient (Wildman–Crippen LogP) is 1.39. The molecule has 0 aliphatic carbocycles. The van der Waals surface area contributed by atoms with E-state index in [0.717, 1.165) is 0 Å². The molecule has 0 spiro atoms. The van der Waals surface area contributed by atoms with Crippen LogP contribution in [0.3, 0.4) is 0 Å². The zero-order chi connectivity index (χ0) is 29.0. The molecule has 3 unspecified atom stereocenters. The number of aliphatic hydroxyl groups is 1. The summed E-state index contributed by atoms with van der Waals surface area (Å²) in [5.41, 5.74) is 1.68. The number of nitrogens with zero attached hydrogens (tertiary/aromatic N) is 1. The lowest BCUT2D eigenvalue weighted by molar-refractivity contribution is -0.156. The van der Waals surface area contributed by atoms with Crippen molar-refractivity contribution in [2.24, 2.45) is 5.73 Å². The minimum atomic E-state index is -4.62. The van der Waals surface area contributed by atoms with Gasteiger partial charge in [-0.1, -0.05) is 24.1 Å². The predicted molar refractivity (Wildman–Crippen MR) is 134 cm³/mol. The van der Waals surface area contributed by atoms with Gasteiger partial charge in [-0.05, 0) is 44.5 Å². The molecule has 0 amide bonds. The van der Waals surface area contributed by atoms with E-state index in [9.17, 15) is 28.4 Å². The van der Waals surface area contributed by atoms with Crippen LogP contribution in [0.1, 0.15) is 27.0 Å². The van der Waals surface area contributed by atoms with E-state index in [1.165, 1.54) is 19.1 Å². The maximum Gasteiger partial charge on any atom is 0.530 e. The summed E-state index contributed by atoms with van der Waals surface area (Å²) in [6, 6.07) is 7.74. The van der Waals surface area contributed by atoms with Crippen molar-refractivity contribution >= 4 is 25.4 Å². The summed E-state index contributed by atoms with van der Waals surface area (Å²) in [5, 5.41) is 12.9. The minimum Gasteiger partial charge on any atom is -0.461 e. The lowest BCUT2D eigenvalue weighted by atomic mass is 9.92. The van der Waals surface area contributed by atoms with Crippen molar-refractivity contribution in [2.45, 2.75) is 57.0 Å². The smallest absolute Gasteiger partial charge is 0.461 e. The number of ether oxygens (including phenoxy) is 2. The summed E-state index contributed by atoms with van der Waals surface area (Å²) in [4.78, 5) is 37.8. The molecule has 2 heterocycles. The number of aromatic nitrogens is 2. The number of esters is 1. The molecule has 1 aliphatic heterocycles. The Morgan fingerprint density at radius 1 is 1.33 bits per heavy atom. The fourth-order valence-electron chi connectivity index (χ4n) is 3.50. The van der Waals surface area contributed by atoms with Crippen LogP contribution >= 0.6 is 19.4 Å². The molecule has 0 bridgehead atoms. The van der Waals surface area contributed by atoms with E-state index < -0.39 is 73.6 Å². The standard InChI is InChI=1S/C23H26ClFN3O10P/c1-13(2)35-20(31)14(3)37-39(33,38-15-7-5-4-6-8-15)34-12-17-18(29)23(26,9-10-24)21(36-17)28-11-16(25)19(30)27-22(28)32/h4-8,11,13-14,17-18,21,29H,12,26H2,1-3H3,(H,27,30,32)/t14-,17+,18?,21?,23?,39-/m0/s1. The molecule has 16 heteroatoms. The Labute approximate surface area is 226 Å². The molecule has 0 radical (unpaired) electrons. The summed E-state index contributed by atoms with van der Waals surface area (Å²) in [7, 11) is -4.62. The molecule has 39 heavy (non-hydrogen) atoms. The highest BCUT2D eigenvalue weighted by Gasteiger charge is 2.55. The number of carbonyl (C=O) groups excluding carboxylic acids is 1. The zero-order valence-corrected chi connectivity index (χ0v) is 22.6. The van der Waals surface area contributed by atoms with E-state index in [2.05, 4.69) is 5.92 Å². The first-order chi connectivity index (χ1) is 18.3. The Kier molecular flexibility index (Phi) is 9.74. The molecule has 1 aromatic heterocycles. The first kappa shape index (κ1) is 30.5. The molecule has 1 saturated heterocycles. The van der Waals surface area contributed by atoms with E-state index in [-0.39, 0.29) is 5.75 Å². The van der Waals surface area contributed by atoms with Crippen LogP contribution in [0.5, 0.6) is 5.75 Å². The number of nitrogens with two attached hydrogens (primary N) is 1. The SMILES string of the molecule is CC(C)OC(=O)[C@H](C)O[P@](=O)(OC[C@H]1OC(n2cc(F)c(=O)[nH]c2=O)C(N)(C#CCl)C1O)Oc1ccccc1. The third-order valence-corrected chi connectivity index (χ3v) is 6.89. The van der Waals surface area contributed by atoms with Crippen molar-refractivity contribution in [3.8, 4) is 17.0 Å². The van der Waals surface area contributed by atoms with Crippen molar-refractivity contribution in [1.82, 2.24) is 9.55 Å². The summed E-state index contributed by atoms with van der Waals surface area (Å²) < 4.78 is 55.0. The number of carbonyl (C=O) groups is 1. The lowest BCUT2D eigenvalue weighted by Gasteiger charge is -2.27. The highest BCUT2D eigenvalue weighted by atomic mass is 35.5. The first-order valence-electron chi connectivity index (χ1n) is 11.4. The van der Waals surface area contributed by atoms with E-state index in [4.69, 9.17) is 40.4 Å². The second-order valence-corrected chi connectivity index (χ2v) is 10.4. The van der Waals surface area contributed by atoms with E-state index >= 15 is 0 Å². The summed E-state index contributed by atoms with van der Waals surface area (Å²) >= 11 is 5.51. The number of nitrogens with one attached hydrogen (secondary N) is 1. The number of H-pyrrole nitrogens is 1. The fraction of sp³-hybridized carbons (Fsp3) is 0.435. The van der Waals surface area contributed by atoms with Gasteiger partial charge < -0.3 is 24.8 Å². The second kappa shape index (κ2) is 12.4. The number of aliphatic hydroxyl groups excluding tert-OH is 1. The third kappa shape index (κ3) is 7.14. The van der Waals surface area contributed by atoms with Crippen LogP contribution in [0, 0.1) is 17.1 Å². The summed E-state index contributed by atoms with van der Waals surface area (Å²) in [6.45, 7) is 3.75. The molecule has 1 aromatic carbocycles. The van der Waals surface area contributed by atoms with E-state index in [0.29, 0.717) is 10.8 Å². The van der Waals surface area contributed by atoms with Crippen LogP contribution in [0.25, 0.3) is 0 Å². The molecular weight excluding hydrogens is 564 g/mol. The average Bonchev–Trinajstić information content (AvgIpc) is 3.10. The summed E-state index contributed by atoms with van der Waals surface area (Å²) in [5.74, 6) is 0.182. The Morgan fingerprint density at radius 2 is 2.00 bits per heavy atom. The topological polar surface area (TPSA) is 181 Å². The van der Waals surface area contributed by atoms with E-state index in [1.54, 1.807) is 37.0 Å². The Bertz CT molecular complexity index is 1410. The van der Waals surface area contributed by atoms with Crippen molar-refractivity contribution in [3.05, 3.63) is 63.2 Å². The Morgan fingerprint density at radius 3 is 2.62 bits per heavy atom. The number of para-hydroxylation sites is 1. The minimum absolute atomic E-state index is 0.0625. The van der Waals surface area contributed by atoms with Gasteiger partial charge >= 0.3 is 19.5 Å². The fourth-order valence-corrected chi connectivity index (χ4v) is 5.01. The molecule has 0 saturated carbocycles. The van der Waals surface area contributed by atoms with Crippen molar-refractivity contribution in [1.29, 1.82) is 0 Å². The van der Waals surface area contributed by atoms with Gasteiger partial charge in [-0.25, -0.2) is 14.2 Å². The molecule has 3 rings (SSSR count). The highest BCUT2D eigenvalue weighted by molar-refractivity contribution is 7.49. The van der Waals surface area contributed by atoms with Crippen LogP contribution in [0.15, 0.2) is 46.1 Å². The first-order valence-corrected chi connectivity index (χ1v) is 13.3. The largest absolute Gasteiger partial charge is 0.530 e. The number of rotatable bonds is 10. The van der Waals surface area contributed by atoms with Gasteiger partial charge in [0.1, 0.15) is 18.0 Å². The number of phosphoric acid groups is 1. The number of benzene rings is 1. The van der Waals surface area contributed by atoms with Crippen LogP contribution < -0.4 is 21.5 Å². The molecule has 1 aliphatic rings. The van der Waals surface area contributed by atoms with Gasteiger partial charge in [0, 0.05) is 5.38 Å². The lowest BCUT2D eigenvalue weighted by Crippen LogP contribution is -2.55. The van der Waals surface area contributed by atoms with Crippen LogP contribution in [-0.2, 0) is 27.9 Å². The van der Waals surface area contributed by atoms with Gasteiger partial charge in [-0.15, -0.1) is 0 Å². The number of aromatic amines is 1. The maximum atomic E-state index is 14.0. The number of halogens is 2. The quantitative estimate of drug-likeness (QED) is 0.207. The van der Waals surface area contributed by atoms with Crippen molar-refractivity contribution < 1.29 is 41.9 Å². The van der Waals surface area contributed by atoms with Crippen molar-refractivity contribution in [3.63, 3.8) is 0 Å². The molecule has 1 fully saturated rings. The molecule has 4 N–H and O–H groups in total. The van der Waals surface area contributed by atoms with Crippen LogP contribution in [0.4, 0.5) is 4.39 Å². The van der Waals surface area contributed by atoms with Gasteiger partial charge in [0.25, 0.3) is 5.56 Å². The average molecular weight is 590 g/mol. The molecule has 212 valence electrons. The maximum absolute atomic E-state index is 14.0. The molecule has 13 nitrogen and oxygen atoms in total. The molecule has 6 atom stereocenters. The number of hydrogen-bond donors (Lipinski definition) is 3. The van der Waals surface area contributed by atoms with Gasteiger partial charge in [0.05, 0.1) is 18.9 Å². The third-order valence-electron chi connectivity index (χ3n) is 5.32. The zero-order valence-electron chi connectivity index (χ0n) is 20.9. The van der Waals surface area contributed by atoms with Crippen LogP contribution in [0.2, 0.25) is 0 Å². The van der Waals surface area contributed by atoms with Gasteiger partial charge in [-0.2, -0.15) is 4.39 Å². The van der Waals surface area contributed by atoms with Gasteiger partial charge in [0.15, 0.2) is 17.9 Å². The normalized spacial score (nSPS) is 24.9. The molecule has 2 aromatic rings. The van der Waals surface area contributed by atoms with Gasteiger partial charge in [-0.3, -0.25) is 23.4 Å². The Balaban J connectivity index is 1.89. The molecular formula is C23H26ClFN3O10P. The number of phosphoric ester groups is 1. The monoisotopic (exact) mass is 589 g/mol. The highest BCUT2D eigenvalue weighted by Crippen LogP contribution is 2.51. The Hall–Kier alpha value is -3.02. The van der Waals surface area contributed by atoms with E-state index in [1.807, 2.05) is 5.38 Å². The van der Waals surface area contributed by atoms with Crippen molar-refractivity contribution in [2.75, 3.05) is 6.61 Å². The number of hydrogen-bond acceptors (Lipinski definition) is 11. The summed E-state index contributed by atoms with van der Waals surface area (Å²) in [6.07, 6.45) is -6.27. The van der Waals surface area contributed by atoms with Gasteiger partial charge in [0.2, 0.25) is 5.82 Å².